The second-order valence-electron chi connectivity index (χ2n) is 8.32. The average Bonchev–Trinajstić information content (AvgIpc) is 3.16. The third-order valence-corrected chi connectivity index (χ3v) is 4.76. The minimum absolute atomic E-state index is 0.119. The van der Waals surface area contributed by atoms with Gasteiger partial charge >= 0.3 is 6.09 Å². The molecule has 1 heterocycles. The monoisotopic (exact) mass is 431 g/mol. The van der Waals surface area contributed by atoms with Gasteiger partial charge in [0.15, 0.2) is 6.29 Å². The van der Waals surface area contributed by atoms with Crippen molar-refractivity contribution in [2.45, 2.75) is 64.1 Å². The molecule has 0 aromatic heterocycles. The van der Waals surface area contributed by atoms with Crippen LogP contribution in [-0.2, 0) is 28.5 Å². The molecule has 1 N–H and O–H groups in total. The highest BCUT2D eigenvalue weighted by molar-refractivity contribution is 5.89. The molecule has 30 heavy (non-hydrogen) atoms. The zero-order valence-corrected chi connectivity index (χ0v) is 19.2. The minimum Gasteiger partial charge on any atom is -0.444 e. The molecule has 0 aromatic carbocycles. The SMILES string of the molecule is COC(CNC(=O)CN(C)C(=O)[C@@H]1CCCN1C(=O)OC(C)(C)C)CC(OC)OC. The number of nitrogens with zero attached hydrogens (tertiary/aromatic N) is 2. The first kappa shape index (κ1) is 26.1. The molecule has 1 unspecified atom stereocenters. The highest BCUT2D eigenvalue weighted by atomic mass is 16.7. The second-order valence-corrected chi connectivity index (χ2v) is 8.32. The topological polar surface area (TPSA) is 107 Å². The molecule has 0 aliphatic carbocycles. The zero-order chi connectivity index (χ0) is 22.9. The maximum atomic E-state index is 12.8. The van der Waals surface area contributed by atoms with E-state index < -0.39 is 24.0 Å². The number of likely N-dealkylation sites (N-methyl/N-ethyl adjacent to an activating group) is 1. The Kier molecular flexibility index (Phi) is 10.5. The van der Waals surface area contributed by atoms with Crippen molar-refractivity contribution in [1.82, 2.24) is 15.1 Å². The van der Waals surface area contributed by atoms with E-state index in [1.165, 1.54) is 24.0 Å². The summed E-state index contributed by atoms with van der Waals surface area (Å²) in [4.78, 5) is 40.3. The first-order valence-electron chi connectivity index (χ1n) is 10.1. The lowest BCUT2D eigenvalue weighted by molar-refractivity contribution is -0.138. The molecule has 1 aliphatic heterocycles. The third-order valence-electron chi connectivity index (χ3n) is 4.76. The quantitative estimate of drug-likeness (QED) is 0.514. The fourth-order valence-electron chi connectivity index (χ4n) is 3.16. The maximum absolute atomic E-state index is 12.8. The molecule has 10 nitrogen and oxygen atoms in total. The summed E-state index contributed by atoms with van der Waals surface area (Å²) in [6, 6.07) is -0.617. The highest BCUT2D eigenvalue weighted by Gasteiger charge is 2.38. The molecule has 3 amide bonds. The predicted octanol–water partition coefficient (Wildman–Crippen LogP) is 0.985. The molecule has 0 bridgehead atoms. The van der Waals surface area contributed by atoms with Gasteiger partial charge in [0.05, 0.1) is 12.6 Å². The molecule has 1 aliphatic rings. The van der Waals surface area contributed by atoms with Crippen LogP contribution in [0.1, 0.15) is 40.0 Å². The Morgan fingerprint density at radius 2 is 1.77 bits per heavy atom. The number of ether oxygens (including phenoxy) is 4. The first-order valence-corrected chi connectivity index (χ1v) is 10.1. The summed E-state index contributed by atoms with van der Waals surface area (Å²) in [6.07, 6.45) is 0.474. The molecule has 1 saturated heterocycles. The van der Waals surface area contributed by atoms with Gasteiger partial charge in [-0.1, -0.05) is 0 Å². The Labute approximate surface area is 179 Å². The number of hydrogen-bond acceptors (Lipinski definition) is 7. The van der Waals surface area contributed by atoms with Gasteiger partial charge in [-0.3, -0.25) is 14.5 Å². The molecule has 0 saturated carbocycles. The number of amides is 3. The summed E-state index contributed by atoms with van der Waals surface area (Å²) < 4.78 is 21.0. The molecule has 2 atom stereocenters. The normalized spacial score (nSPS) is 17.7. The maximum Gasteiger partial charge on any atom is 0.410 e. The van der Waals surface area contributed by atoms with E-state index in [0.717, 1.165) is 0 Å². The second kappa shape index (κ2) is 12.1. The van der Waals surface area contributed by atoms with Crippen molar-refractivity contribution in [2.24, 2.45) is 0 Å². The van der Waals surface area contributed by atoms with Crippen LogP contribution in [0.15, 0.2) is 0 Å². The lowest BCUT2D eigenvalue weighted by Gasteiger charge is -2.30. The molecule has 1 rings (SSSR count). The van der Waals surface area contributed by atoms with Gasteiger partial charge in [0, 0.05) is 47.9 Å². The molecule has 0 radical (unpaired) electrons. The molecule has 0 aromatic rings. The number of carbonyl (C=O) groups excluding carboxylic acids is 3. The Morgan fingerprint density at radius 1 is 1.13 bits per heavy atom. The van der Waals surface area contributed by atoms with Crippen molar-refractivity contribution >= 4 is 17.9 Å². The molecular formula is C20H37N3O7. The van der Waals surface area contributed by atoms with Crippen LogP contribution in [0.5, 0.6) is 0 Å². The van der Waals surface area contributed by atoms with E-state index in [-0.39, 0.29) is 31.0 Å². The van der Waals surface area contributed by atoms with Crippen LogP contribution < -0.4 is 5.32 Å². The van der Waals surface area contributed by atoms with E-state index in [1.54, 1.807) is 34.9 Å². The van der Waals surface area contributed by atoms with Crippen molar-refractivity contribution in [3.63, 3.8) is 0 Å². The summed E-state index contributed by atoms with van der Waals surface area (Å²) in [5, 5.41) is 2.75. The van der Waals surface area contributed by atoms with Crippen molar-refractivity contribution in [1.29, 1.82) is 0 Å². The molecule has 0 spiro atoms. The van der Waals surface area contributed by atoms with Crippen LogP contribution in [0.4, 0.5) is 4.79 Å². The van der Waals surface area contributed by atoms with Crippen LogP contribution in [0.3, 0.4) is 0 Å². The van der Waals surface area contributed by atoms with Gasteiger partial charge < -0.3 is 29.2 Å². The van der Waals surface area contributed by atoms with E-state index >= 15 is 0 Å². The molecule has 1 fully saturated rings. The number of likely N-dealkylation sites (tertiary alicyclic amines) is 1. The Balaban J connectivity index is 2.55. The highest BCUT2D eigenvalue weighted by Crippen LogP contribution is 2.22. The Hall–Kier alpha value is -1.91. The first-order chi connectivity index (χ1) is 14.0. The molecule has 10 heteroatoms. The fourth-order valence-corrected chi connectivity index (χ4v) is 3.16. The number of nitrogens with one attached hydrogen (secondary N) is 1. The van der Waals surface area contributed by atoms with Crippen molar-refractivity contribution < 1.29 is 33.3 Å². The molecule has 174 valence electrons. The molecular weight excluding hydrogens is 394 g/mol. The number of hydrogen-bond donors (Lipinski definition) is 1. The smallest absolute Gasteiger partial charge is 0.410 e. The lowest BCUT2D eigenvalue weighted by Crippen LogP contribution is -2.50. The summed E-state index contributed by atoms with van der Waals surface area (Å²) in [5.41, 5.74) is -0.637. The average molecular weight is 432 g/mol. The van der Waals surface area contributed by atoms with Crippen molar-refractivity contribution in [2.75, 3.05) is 48.0 Å². The largest absolute Gasteiger partial charge is 0.444 e. The number of rotatable bonds is 10. The van der Waals surface area contributed by atoms with E-state index in [1.807, 2.05) is 0 Å². The van der Waals surface area contributed by atoms with E-state index in [4.69, 9.17) is 18.9 Å². The van der Waals surface area contributed by atoms with Gasteiger partial charge in [0.1, 0.15) is 11.6 Å². The standard InChI is InChI=1S/C20H37N3O7/c1-20(2,3)30-19(26)23-10-8-9-15(23)18(25)22(4)13-16(24)21-12-14(27-5)11-17(28-6)29-7/h14-15,17H,8-13H2,1-7H3,(H,21,24)/t14?,15-/m0/s1. The van der Waals surface area contributed by atoms with Crippen LogP contribution in [-0.4, -0.2) is 99.8 Å². The summed E-state index contributed by atoms with van der Waals surface area (Å²) in [7, 11) is 6.15. The fraction of sp³-hybridized carbons (Fsp3) is 0.850. The van der Waals surface area contributed by atoms with Crippen LogP contribution >= 0.6 is 0 Å². The Bertz CT molecular complexity index is 575. The summed E-state index contributed by atoms with van der Waals surface area (Å²) >= 11 is 0. The van der Waals surface area contributed by atoms with Crippen LogP contribution in [0.2, 0.25) is 0 Å². The predicted molar refractivity (Wildman–Crippen MR) is 110 cm³/mol. The third kappa shape index (κ3) is 8.45. The van der Waals surface area contributed by atoms with Crippen LogP contribution in [0.25, 0.3) is 0 Å². The van der Waals surface area contributed by atoms with Crippen LogP contribution in [0, 0.1) is 0 Å². The van der Waals surface area contributed by atoms with Gasteiger partial charge in [-0.05, 0) is 33.6 Å². The van der Waals surface area contributed by atoms with E-state index in [2.05, 4.69) is 5.32 Å². The van der Waals surface area contributed by atoms with Gasteiger partial charge in [-0.25, -0.2) is 4.79 Å². The number of methoxy groups -OCH3 is 3. The van der Waals surface area contributed by atoms with E-state index in [9.17, 15) is 14.4 Å². The van der Waals surface area contributed by atoms with Crippen molar-refractivity contribution in [3.05, 3.63) is 0 Å². The Morgan fingerprint density at radius 3 is 2.30 bits per heavy atom. The summed E-state index contributed by atoms with van der Waals surface area (Å²) in [6.45, 7) is 5.94. The van der Waals surface area contributed by atoms with Gasteiger partial charge in [-0.15, -0.1) is 0 Å². The van der Waals surface area contributed by atoms with Gasteiger partial charge in [0.2, 0.25) is 11.8 Å². The number of carbonyl (C=O) groups is 3. The van der Waals surface area contributed by atoms with Gasteiger partial charge in [-0.2, -0.15) is 0 Å². The zero-order valence-electron chi connectivity index (χ0n) is 19.2. The minimum atomic E-state index is -0.637. The lowest BCUT2D eigenvalue weighted by atomic mass is 10.2. The summed E-state index contributed by atoms with van der Waals surface area (Å²) in [5.74, 6) is -0.600. The van der Waals surface area contributed by atoms with E-state index in [0.29, 0.717) is 25.8 Å². The van der Waals surface area contributed by atoms with Crippen molar-refractivity contribution in [3.8, 4) is 0 Å². The van der Waals surface area contributed by atoms with Gasteiger partial charge in [0.25, 0.3) is 0 Å².